The normalized spacial score (nSPS) is 11.6. The predicted octanol–water partition coefficient (Wildman–Crippen LogP) is 4.12. The molecule has 0 aliphatic heterocycles. The Balaban J connectivity index is 3.19. The molecular weight excluding hydrogens is 426 g/mol. The van der Waals surface area contributed by atoms with Crippen molar-refractivity contribution in [1.29, 1.82) is 0 Å². The summed E-state index contributed by atoms with van der Waals surface area (Å²) in [6, 6.07) is 5.65. The molecule has 0 spiro atoms. The highest BCUT2D eigenvalue weighted by Gasteiger charge is 2.20. The number of anilines is 1. The first-order valence-corrected chi connectivity index (χ1v) is 13.5. The Morgan fingerprint density at radius 3 is 2.22 bits per heavy atom. The topological polar surface area (TPSA) is 70.2 Å². The fourth-order valence-corrected chi connectivity index (χ4v) is 3.96. The Morgan fingerprint density at radius 1 is 0.969 bits per heavy atom. The van der Waals surface area contributed by atoms with Gasteiger partial charge in [-0.2, -0.15) is 8.42 Å². The average Bonchev–Trinajstić information content (AvgIpc) is 2.75. The third-order valence-electron chi connectivity index (χ3n) is 5.52. The average molecular weight is 470 g/mol. The van der Waals surface area contributed by atoms with Crippen molar-refractivity contribution in [3.63, 3.8) is 0 Å². The van der Waals surface area contributed by atoms with E-state index in [2.05, 4.69) is 25.7 Å². The predicted molar refractivity (Wildman–Crippen MR) is 133 cm³/mol. The van der Waals surface area contributed by atoms with Crippen LogP contribution in [0.15, 0.2) is 18.2 Å². The molecule has 0 radical (unpaired) electrons. The maximum absolute atomic E-state index is 13.0. The van der Waals surface area contributed by atoms with Gasteiger partial charge in [-0.3, -0.25) is 4.79 Å². The zero-order chi connectivity index (χ0) is 24.1. The Kier molecular flexibility index (Phi) is 12.7. The van der Waals surface area contributed by atoms with Gasteiger partial charge in [0.2, 0.25) is 5.91 Å². The molecule has 1 amide bonds. The fraction of sp³-hybridized carbons (Fsp3) is 0.708. The Bertz CT molecular complexity index is 792. The van der Waals surface area contributed by atoms with E-state index in [9.17, 15) is 13.2 Å². The number of carbonyl (C=O) groups is 1. The van der Waals surface area contributed by atoms with Crippen LogP contribution in [-0.2, 0) is 21.5 Å². The largest absolute Gasteiger partial charge is 0.382 e. The van der Waals surface area contributed by atoms with E-state index in [1.165, 1.54) is 0 Å². The van der Waals surface area contributed by atoms with Crippen molar-refractivity contribution in [2.45, 2.75) is 66.3 Å². The van der Waals surface area contributed by atoms with Gasteiger partial charge in [-0.1, -0.05) is 32.3 Å². The van der Waals surface area contributed by atoms with Gasteiger partial charge in [-0.05, 0) is 47.4 Å². The van der Waals surface area contributed by atoms with Crippen LogP contribution >= 0.6 is 0 Å². The van der Waals surface area contributed by atoms with Crippen LogP contribution in [0.3, 0.4) is 0 Å². The van der Waals surface area contributed by atoms with Gasteiger partial charge in [0.25, 0.3) is 0 Å². The van der Waals surface area contributed by atoms with E-state index in [0.29, 0.717) is 30.8 Å². The van der Waals surface area contributed by atoms with Crippen LogP contribution in [0.5, 0.6) is 5.75 Å². The van der Waals surface area contributed by atoms with Gasteiger partial charge in [-0.15, -0.1) is 0 Å². The minimum absolute atomic E-state index is 0.0973. The minimum atomic E-state index is -3.68. The quantitative estimate of drug-likeness (QED) is 0.268. The number of hydrogen-bond acceptors (Lipinski definition) is 6. The summed E-state index contributed by atoms with van der Waals surface area (Å²) in [5, 5.41) is 0. The summed E-state index contributed by atoms with van der Waals surface area (Å²) in [5.41, 5.74) is 1.62. The van der Waals surface area contributed by atoms with Gasteiger partial charge >= 0.3 is 10.1 Å². The summed E-state index contributed by atoms with van der Waals surface area (Å²) >= 11 is 0. The Morgan fingerprint density at radius 2 is 1.66 bits per heavy atom. The number of unbranched alkanes of at least 4 members (excludes halogenated alkanes) is 3. The van der Waals surface area contributed by atoms with E-state index in [4.69, 9.17) is 4.18 Å². The third kappa shape index (κ3) is 9.77. The summed E-state index contributed by atoms with van der Waals surface area (Å²) in [7, 11) is 0.271. The lowest BCUT2D eigenvalue weighted by molar-refractivity contribution is -0.132. The summed E-state index contributed by atoms with van der Waals surface area (Å²) in [5.74, 6) is 0.299. The molecule has 32 heavy (non-hydrogen) atoms. The van der Waals surface area contributed by atoms with Crippen LogP contribution in [-0.4, -0.2) is 70.2 Å². The first-order valence-electron chi connectivity index (χ1n) is 11.9. The molecule has 0 heterocycles. The van der Waals surface area contributed by atoms with Crippen LogP contribution in [0, 0.1) is 0 Å². The fourth-order valence-electron chi connectivity index (χ4n) is 3.41. The number of likely N-dealkylation sites (N-methyl/N-ethyl adjacent to an activating group) is 1. The molecule has 0 atom stereocenters. The van der Waals surface area contributed by atoms with Gasteiger partial charge in [0.05, 0.1) is 5.75 Å². The van der Waals surface area contributed by atoms with Gasteiger partial charge in [-0.25, -0.2) is 0 Å². The van der Waals surface area contributed by atoms with Gasteiger partial charge < -0.3 is 18.9 Å². The third-order valence-corrected chi connectivity index (χ3v) is 6.67. The van der Waals surface area contributed by atoms with Gasteiger partial charge in [0, 0.05) is 56.5 Å². The van der Waals surface area contributed by atoms with Crippen molar-refractivity contribution in [3.05, 3.63) is 23.8 Å². The van der Waals surface area contributed by atoms with E-state index < -0.39 is 10.1 Å². The molecule has 0 fully saturated rings. The minimum Gasteiger partial charge on any atom is -0.382 e. The number of nitrogens with zero attached hydrogens (tertiary/aromatic N) is 3. The molecule has 0 aliphatic rings. The molecule has 0 aliphatic carbocycles. The van der Waals surface area contributed by atoms with E-state index in [1.807, 2.05) is 36.0 Å². The molecule has 184 valence electrons. The molecule has 0 aromatic heterocycles. The highest BCUT2D eigenvalue weighted by atomic mass is 32.2. The van der Waals surface area contributed by atoms with Gasteiger partial charge in [0.1, 0.15) is 5.75 Å². The molecule has 8 heteroatoms. The molecule has 0 bridgehead atoms. The molecule has 1 aromatic rings. The highest BCUT2D eigenvalue weighted by molar-refractivity contribution is 7.87. The van der Waals surface area contributed by atoms with Crippen LogP contribution in [0.25, 0.3) is 0 Å². The Labute approximate surface area is 195 Å². The summed E-state index contributed by atoms with van der Waals surface area (Å²) in [6.45, 7) is 11.1. The highest BCUT2D eigenvalue weighted by Crippen LogP contribution is 2.29. The monoisotopic (exact) mass is 469 g/mol. The summed E-state index contributed by atoms with van der Waals surface area (Å²) in [6.07, 6.45) is 4.69. The van der Waals surface area contributed by atoms with Crippen LogP contribution in [0.4, 0.5) is 5.69 Å². The lowest BCUT2D eigenvalue weighted by Gasteiger charge is -2.27. The zero-order valence-electron chi connectivity index (χ0n) is 20.9. The molecule has 1 aromatic carbocycles. The van der Waals surface area contributed by atoms with Crippen molar-refractivity contribution < 1.29 is 17.4 Å². The second kappa shape index (κ2) is 14.4. The second-order valence-electron chi connectivity index (χ2n) is 8.32. The first kappa shape index (κ1) is 28.2. The molecule has 0 saturated carbocycles. The number of rotatable bonds is 16. The molecule has 7 nitrogen and oxygen atoms in total. The van der Waals surface area contributed by atoms with Gasteiger partial charge in [0.15, 0.2) is 0 Å². The molecular formula is C24H43N3O4S. The molecule has 0 N–H and O–H groups in total. The summed E-state index contributed by atoms with van der Waals surface area (Å²) in [4.78, 5) is 19.0. The molecule has 0 saturated heterocycles. The van der Waals surface area contributed by atoms with Crippen molar-refractivity contribution in [2.75, 3.05) is 50.9 Å². The van der Waals surface area contributed by atoms with Crippen LogP contribution in [0.1, 0.15) is 65.4 Å². The lowest BCUT2D eigenvalue weighted by atomic mass is 10.1. The Hall–Kier alpha value is -1.80. The van der Waals surface area contributed by atoms with E-state index in [1.54, 1.807) is 13.0 Å². The first-order chi connectivity index (χ1) is 15.2. The van der Waals surface area contributed by atoms with Crippen LogP contribution in [0.2, 0.25) is 0 Å². The van der Waals surface area contributed by atoms with E-state index >= 15 is 0 Å². The van der Waals surface area contributed by atoms with Crippen LogP contribution < -0.4 is 9.08 Å². The maximum Gasteiger partial charge on any atom is 0.308 e. The lowest BCUT2D eigenvalue weighted by Crippen LogP contribution is -2.36. The number of hydrogen-bond donors (Lipinski definition) is 0. The van der Waals surface area contributed by atoms with Crippen molar-refractivity contribution in [1.82, 2.24) is 9.80 Å². The van der Waals surface area contributed by atoms with E-state index in [0.717, 1.165) is 51.0 Å². The second-order valence-corrected chi connectivity index (χ2v) is 10.2. The standard InChI is InChI=1S/C24H43N3O4S/c1-7-11-12-13-14-24(28)27(18-17-25(5)6)20-21-15-16-22(26(8-2)9-3)19-23(21)31-32(29,30)10-4/h15-16,19H,7-14,17-18,20H2,1-6H3. The smallest absolute Gasteiger partial charge is 0.308 e. The zero-order valence-corrected chi connectivity index (χ0v) is 21.7. The van der Waals surface area contributed by atoms with Crippen molar-refractivity contribution >= 4 is 21.7 Å². The molecule has 0 unspecified atom stereocenters. The number of amides is 1. The molecule has 1 rings (SSSR count). The van der Waals surface area contributed by atoms with E-state index in [-0.39, 0.29) is 11.7 Å². The van der Waals surface area contributed by atoms with Crippen molar-refractivity contribution in [2.24, 2.45) is 0 Å². The summed E-state index contributed by atoms with van der Waals surface area (Å²) < 4.78 is 30.0. The number of benzene rings is 1. The van der Waals surface area contributed by atoms with Crippen molar-refractivity contribution in [3.8, 4) is 5.75 Å². The maximum atomic E-state index is 13.0. The number of carbonyl (C=O) groups excluding carboxylic acids is 1. The SMILES string of the molecule is CCCCCCC(=O)N(CCN(C)C)Cc1ccc(N(CC)CC)cc1OS(=O)(=O)CC.